The van der Waals surface area contributed by atoms with Crippen molar-refractivity contribution in [3.8, 4) is 5.75 Å². The molecule has 2 aromatic carbocycles. The predicted molar refractivity (Wildman–Crippen MR) is 120 cm³/mol. The number of carbonyl (C=O) groups excluding carboxylic acids is 1. The van der Waals surface area contributed by atoms with Crippen LogP contribution < -0.4 is 9.32 Å². The molecule has 5 rings (SSSR count). The summed E-state index contributed by atoms with van der Waals surface area (Å²) in [4.78, 5) is 13.4. The summed E-state index contributed by atoms with van der Waals surface area (Å²) >= 11 is 0. The lowest BCUT2D eigenvalue weighted by atomic mass is 9.55. The van der Waals surface area contributed by atoms with Crippen LogP contribution in [-0.4, -0.2) is 14.2 Å². The average Bonchev–Trinajstić information content (AvgIpc) is 2.98. The highest BCUT2D eigenvalue weighted by Gasteiger charge is 2.56. The molecule has 4 atom stereocenters. The Morgan fingerprint density at radius 3 is 2.65 bits per heavy atom. The van der Waals surface area contributed by atoms with Gasteiger partial charge in [0.25, 0.3) is 0 Å². The molecule has 0 saturated heterocycles. The predicted octanol–water partition coefficient (Wildman–Crippen LogP) is 4.39. The van der Waals surface area contributed by atoms with Crippen molar-refractivity contribution in [2.24, 2.45) is 22.4 Å². The first-order valence-electron chi connectivity index (χ1n) is 10.9. The summed E-state index contributed by atoms with van der Waals surface area (Å²) in [5, 5.41) is 5.02. The number of Topliss-reactive ketones (excluding diaryl/α,β-unsaturated/α-hetero) is 1. The van der Waals surface area contributed by atoms with Crippen LogP contribution in [0, 0.1) is 17.3 Å². The number of benzene rings is 2. The van der Waals surface area contributed by atoms with E-state index in [1.807, 2.05) is 42.5 Å². The van der Waals surface area contributed by atoms with Gasteiger partial charge in [0.1, 0.15) is 5.75 Å². The lowest BCUT2D eigenvalue weighted by Gasteiger charge is -2.48. The third-order valence-electron chi connectivity index (χ3n) is 7.69. The number of nitrogens with two attached hydrogens (primary N) is 1. The minimum atomic E-state index is -4.03. The Hall–Kier alpha value is -2.44. The minimum absolute atomic E-state index is 0.268. The molecule has 162 valence electrons. The van der Waals surface area contributed by atoms with Crippen molar-refractivity contribution in [1.29, 1.82) is 0 Å². The highest BCUT2D eigenvalue weighted by molar-refractivity contribution is 7.84. The summed E-state index contributed by atoms with van der Waals surface area (Å²) in [7, 11) is -4.03. The van der Waals surface area contributed by atoms with E-state index in [1.54, 1.807) is 6.07 Å². The van der Waals surface area contributed by atoms with Gasteiger partial charge in [0.05, 0.1) is 0 Å². The van der Waals surface area contributed by atoms with Gasteiger partial charge in [-0.1, -0.05) is 43.3 Å². The van der Waals surface area contributed by atoms with Gasteiger partial charge in [-0.25, -0.2) is 0 Å². The standard InChI is InChI=1S/C25H27NO4S/c1-25-12-11-21-20-10-8-19(30-31(26,28)29)14-17(20)7-9-22(21)23(25)15-18(24(25)27)13-16-5-3-2-4-6-16/h2-6,8,10,13-14,21-23H,7,9,11-12,15H2,1H3,(H2,26,28,29)/b18-13+/t21?,22?,23?,25-/m0/s1. The number of fused-ring (bicyclic) bond motifs is 5. The molecule has 3 unspecified atom stereocenters. The number of hydrogen-bond donors (Lipinski definition) is 1. The molecule has 0 bridgehead atoms. The second kappa shape index (κ2) is 7.31. The van der Waals surface area contributed by atoms with Crippen molar-refractivity contribution in [2.45, 2.75) is 44.9 Å². The topological polar surface area (TPSA) is 86.5 Å². The molecule has 2 fully saturated rings. The van der Waals surface area contributed by atoms with Crippen LogP contribution in [0.15, 0.2) is 54.1 Å². The fourth-order valence-corrected chi connectivity index (χ4v) is 6.67. The monoisotopic (exact) mass is 437 g/mol. The Balaban J connectivity index is 1.44. The Morgan fingerprint density at radius 2 is 1.90 bits per heavy atom. The fraction of sp³-hybridized carbons (Fsp3) is 0.400. The molecule has 0 spiro atoms. The summed E-state index contributed by atoms with van der Waals surface area (Å²) in [5.41, 5.74) is 4.17. The van der Waals surface area contributed by atoms with E-state index in [2.05, 4.69) is 13.0 Å². The van der Waals surface area contributed by atoms with E-state index < -0.39 is 10.3 Å². The third-order valence-corrected chi connectivity index (χ3v) is 8.12. The first kappa shape index (κ1) is 20.5. The number of rotatable bonds is 3. The molecular weight excluding hydrogens is 410 g/mol. The van der Waals surface area contributed by atoms with E-state index in [0.29, 0.717) is 23.5 Å². The lowest BCUT2D eigenvalue weighted by Crippen LogP contribution is -2.42. The Kier molecular flexibility index (Phi) is 4.83. The van der Waals surface area contributed by atoms with E-state index in [1.165, 1.54) is 5.56 Å². The summed E-state index contributed by atoms with van der Waals surface area (Å²) in [5.74, 6) is 1.80. The van der Waals surface area contributed by atoms with Gasteiger partial charge in [-0.15, -0.1) is 0 Å². The van der Waals surface area contributed by atoms with Crippen LogP contribution in [0.3, 0.4) is 0 Å². The Morgan fingerprint density at radius 1 is 1.13 bits per heavy atom. The number of aryl methyl sites for hydroxylation is 1. The lowest BCUT2D eigenvalue weighted by molar-refractivity contribution is -0.127. The Labute approximate surface area is 183 Å². The van der Waals surface area contributed by atoms with Gasteiger partial charge >= 0.3 is 10.3 Å². The smallest absolute Gasteiger partial charge is 0.371 e. The first-order valence-corrected chi connectivity index (χ1v) is 12.4. The quantitative estimate of drug-likeness (QED) is 0.722. The fourth-order valence-electron chi connectivity index (χ4n) is 6.29. The maximum Gasteiger partial charge on any atom is 0.380 e. The van der Waals surface area contributed by atoms with Crippen LogP contribution in [-0.2, 0) is 21.5 Å². The van der Waals surface area contributed by atoms with Crippen molar-refractivity contribution >= 4 is 22.2 Å². The number of hydrogen-bond acceptors (Lipinski definition) is 4. The second-order valence-electron chi connectivity index (χ2n) is 9.42. The zero-order valence-electron chi connectivity index (χ0n) is 17.6. The largest absolute Gasteiger partial charge is 0.380 e. The number of allylic oxidation sites excluding steroid dienone is 1. The van der Waals surface area contributed by atoms with Gasteiger partial charge < -0.3 is 4.18 Å². The summed E-state index contributed by atoms with van der Waals surface area (Å²) in [6.07, 6.45) is 6.64. The summed E-state index contributed by atoms with van der Waals surface area (Å²) in [6, 6.07) is 15.6. The van der Waals surface area contributed by atoms with Gasteiger partial charge in [-0.2, -0.15) is 13.6 Å². The van der Waals surface area contributed by atoms with Gasteiger partial charge in [-0.3, -0.25) is 4.79 Å². The van der Waals surface area contributed by atoms with Crippen molar-refractivity contribution < 1.29 is 17.4 Å². The van der Waals surface area contributed by atoms with E-state index in [9.17, 15) is 13.2 Å². The van der Waals surface area contributed by atoms with Gasteiger partial charge in [0.15, 0.2) is 5.78 Å². The molecule has 0 aliphatic heterocycles. The molecule has 0 heterocycles. The van der Waals surface area contributed by atoms with Crippen LogP contribution in [0.5, 0.6) is 5.75 Å². The normalized spacial score (nSPS) is 31.1. The molecule has 2 saturated carbocycles. The van der Waals surface area contributed by atoms with Crippen LogP contribution in [0.4, 0.5) is 0 Å². The zero-order chi connectivity index (χ0) is 21.8. The molecule has 2 N–H and O–H groups in total. The molecule has 0 radical (unpaired) electrons. The van der Waals surface area contributed by atoms with Crippen LogP contribution in [0.1, 0.15) is 55.2 Å². The molecular formula is C25H27NO4S. The molecule has 0 amide bonds. The van der Waals surface area contributed by atoms with E-state index in [0.717, 1.165) is 48.8 Å². The first-order chi connectivity index (χ1) is 14.7. The summed E-state index contributed by atoms with van der Waals surface area (Å²) < 4.78 is 27.4. The SMILES string of the molecule is C[C@]12CCC3c4ccc(OS(N)(=O)=O)cc4CCC3C1C/C(=C\c1ccccc1)C2=O. The minimum Gasteiger partial charge on any atom is -0.371 e. The van der Waals surface area contributed by atoms with E-state index >= 15 is 0 Å². The Bertz CT molecular complexity index is 1170. The van der Waals surface area contributed by atoms with Crippen molar-refractivity contribution in [2.75, 3.05) is 0 Å². The second-order valence-corrected chi connectivity index (χ2v) is 10.6. The average molecular weight is 438 g/mol. The number of carbonyl (C=O) groups is 1. The van der Waals surface area contributed by atoms with Crippen molar-refractivity contribution in [1.82, 2.24) is 0 Å². The maximum absolute atomic E-state index is 13.4. The van der Waals surface area contributed by atoms with Crippen molar-refractivity contribution in [3.05, 3.63) is 70.8 Å². The molecule has 2 aromatic rings. The highest BCUT2D eigenvalue weighted by Crippen LogP contribution is 2.60. The van der Waals surface area contributed by atoms with Gasteiger partial charge in [0.2, 0.25) is 0 Å². The molecule has 31 heavy (non-hydrogen) atoms. The zero-order valence-corrected chi connectivity index (χ0v) is 18.4. The van der Waals surface area contributed by atoms with E-state index in [-0.39, 0.29) is 11.2 Å². The highest BCUT2D eigenvalue weighted by atomic mass is 32.2. The molecule has 3 aliphatic carbocycles. The maximum atomic E-state index is 13.4. The van der Waals surface area contributed by atoms with Crippen molar-refractivity contribution in [3.63, 3.8) is 0 Å². The van der Waals surface area contributed by atoms with Crippen LogP contribution >= 0.6 is 0 Å². The van der Waals surface area contributed by atoms with Crippen LogP contribution in [0.2, 0.25) is 0 Å². The molecule has 0 aromatic heterocycles. The summed E-state index contributed by atoms with van der Waals surface area (Å²) in [6.45, 7) is 2.17. The van der Waals surface area contributed by atoms with Crippen LogP contribution in [0.25, 0.3) is 6.08 Å². The number of ketones is 1. The van der Waals surface area contributed by atoms with Gasteiger partial charge in [-0.05, 0) is 90.3 Å². The molecule has 3 aliphatic rings. The molecule has 6 heteroatoms. The molecule has 5 nitrogen and oxygen atoms in total. The van der Waals surface area contributed by atoms with E-state index in [4.69, 9.17) is 9.32 Å². The third kappa shape index (κ3) is 3.62. The van der Waals surface area contributed by atoms with Gasteiger partial charge in [0, 0.05) is 5.41 Å².